The molecule has 1 saturated heterocycles. The molecule has 5 nitrogen and oxygen atoms in total. The second-order valence-electron chi connectivity index (χ2n) is 5.55. The molecule has 0 spiro atoms. The number of fused-ring (bicyclic) bond motifs is 1. The Balaban J connectivity index is 2.01. The van der Waals surface area contributed by atoms with Gasteiger partial charge in [-0.1, -0.05) is 6.92 Å². The molecule has 0 radical (unpaired) electrons. The van der Waals surface area contributed by atoms with Crippen molar-refractivity contribution >= 4 is 20.5 Å². The third-order valence-corrected chi connectivity index (χ3v) is 7.51. The first kappa shape index (κ1) is 14.5. The molecule has 1 heterocycles. The van der Waals surface area contributed by atoms with Crippen molar-refractivity contribution in [3.8, 4) is 0 Å². The minimum atomic E-state index is -2.75. The van der Waals surface area contributed by atoms with Crippen LogP contribution in [0.3, 0.4) is 0 Å². The predicted octanol–water partition coefficient (Wildman–Crippen LogP) is 2.14. The number of hydrogen-bond acceptors (Lipinski definition) is 5. The highest BCUT2D eigenvalue weighted by molar-refractivity contribution is 6.70. The summed E-state index contributed by atoms with van der Waals surface area (Å²) in [6.45, 7) is 4.68. The van der Waals surface area contributed by atoms with E-state index in [-0.39, 0.29) is 11.9 Å². The topological polar surface area (TPSA) is 65.1 Å². The second kappa shape index (κ2) is 5.62. The van der Waals surface area contributed by atoms with E-state index in [2.05, 4.69) is 0 Å². The van der Waals surface area contributed by atoms with Gasteiger partial charge in [0.25, 0.3) is 11.9 Å². The number of ether oxygens (including phenoxy) is 1. The van der Waals surface area contributed by atoms with Crippen LogP contribution in [0.15, 0.2) is 0 Å². The van der Waals surface area contributed by atoms with E-state index in [1.807, 2.05) is 6.92 Å². The second-order valence-corrected chi connectivity index (χ2v) is 8.89. The Morgan fingerprint density at radius 2 is 1.79 bits per heavy atom. The molecule has 1 saturated carbocycles. The van der Waals surface area contributed by atoms with Gasteiger partial charge in [-0.2, -0.15) is 0 Å². The molecular weight excluding hydrogens is 264 g/mol. The van der Waals surface area contributed by atoms with Crippen LogP contribution in [-0.2, 0) is 23.2 Å². The predicted molar refractivity (Wildman–Crippen MR) is 70.6 cm³/mol. The van der Waals surface area contributed by atoms with Gasteiger partial charge in [0.15, 0.2) is 0 Å². The van der Waals surface area contributed by atoms with Crippen LogP contribution in [-0.4, -0.2) is 32.7 Å². The molecule has 0 N–H and O–H groups in total. The number of carbonyl (C=O) groups excluding carboxylic acids is 2. The summed E-state index contributed by atoms with van der Waals surface area (Å²) in [5.41, 5.74) is 0. The fraction of sp³-hybridized carbons (Fsp3) is 0.846. The van der Waals surface area contributed by atoms with Gasteiger partial charge in [0.05, 0.1) is 12.2 Å². The van der Waals surface area contributed by atoms with Gasteiger partial charge in [0.2, 0.25) is 0 Å². The van der Waals surface area contributed by atoms with Crippen LogP contribution >= 0.6 is 0 Å². The van der Waals surface area contributed by atoms with E-state index in [1.165, 1.54) is 13.8 Å². The first-order chi connectivity index (χ1) is 8.94. The van der Waals surface area contributed by atoms with E-state index < -0.39 is 8.56 Å². The molecule has 19 heavy (non-hydrogen) atoms. The van der Waals surface area contributed by atoms with Crippen LogP contribution in [0.5, 0.6) is 0 Å². The molecule has 0 amide bonds. The molecular formula is C13H22O5Si. The van der Waals surface area contributed by atoms with Gasteiger partial charge in [0, 0.05) is 25.9 Å². The van der Waals surface area contributed by atoms with Gasteiger partial charge in [-0.25, -0.2) is 0 Å². The maximum absolute atomic E-state index is 11.3. The molecule has 1 aliphatic heterocycles. The number of hydrogen-bond donors (Lipinski definition) is 0. The zero-order valence-electron chi connectivity index (χ0n) is 11.8. The maximum atomic E-state index is 11.3. The Labute approximate surface area is 114 Å². The fourth-order valence-electron chi connectivity index (χ4n) is 3.03. The van der Waals surface area contributed by atoms with Gasteiger partial charge in [-0.05, 0) is 25.2 Å². The molecule has 1 aliphatic carbocycles. The van der Waals surface area contributed by atoms with Crippen LogP contribution in [0.25, 0.3) is 0 Å². The van der Waals surface area contributed by atoms with Crippen molar-refractivity contribution in [2.75, 3.05) is 0 Å². The number of carbonyl (C=O) groups is 2. The minimum absolute atomic E-state index is 0.355. The summed E-state index contributed by atoms with van der Waals surface area (Å²) in [7, 11) is -2.75. The molecule has 0 aromatic rings. The largest absolute Gasteiger partial charge is 0.485 e. The standard InChI is InChI=1S/C13H22O5Si/c1-4-19(17-9(2)14,18-10(3)15)8-11-5-6-12-13(7-11)16-12/h11-13H,4-8H2,1-3H3. The van der Waals surface area contributed by atoms with Crippen LogP contribution in [0.2, 0.25) is 12.1 Å². The van der Waals surface area contributed by atoms with Crippen molar-refractivity contribution in [1.82, 2.24) is 0 Å². The number of epoxide rings is 1. The maximum Gasteiger partial charge on any atom is 0.464 e. The molecule has 3 atom stereocenters. The van der Waals surface area contributed by atoms with E-state index in [0.29, 0.717) is 30.2 Å². The van der Waals surface area contributed by atoms with Gasteiger partial charge in [-0.15, -0.1) is 0 Å². The average molecular weight is 286 g/mol. The van der Waals surface area contributed by atoms with Crippen LogP contribution in [0.4, 0.5) is 0 Å². The zero-order chi connectivity index (χ0) is 14.0. The van der Waals surface area contributed by atoms with Crippen molar-refractivity contribution in [3.63, 3.8) is 0 Å². The summed E-state index contributed by atoms with van der Waals surface area (Å²) < 4.78 is 16.4. The van der Waals surface area contributed by atoms with Crippen LogP contribution < -0.4 is 0 Å². The molecule has 6 heteroatoms. The normalized spacial score (nSPS) is 29.3. The van der Waals surface area contributed by atoms with Gasteiger partial charge >= 0.3 is 8.56 Å². The minimum Gasteiger partial charge on any atom is -0.485 e. The van der Waals surface area contributed by atoms with E-state index >= 15 is 0 Å². The Hall–Kier alpha value is -0.883. The molecule has 0 aromatic heterocycles. The summed E-state index contributed by atoms with van der Waals surface area (Å²) >= 11 is 0. The van der Waals surface area contributed by atoms with Gasteiger partial charge < -0.3 is 13.6 Å². The SMILES string of the molecule is CC[Si](CC1CCC2OC2C1)(OC(C)=O)OC(C)=O. The Bertz CT molecular complexity index is 354. The Kier molecular flexibility index (Phi) is 4.30. The molecule has 0 aromatic carbocycles. The molecule has 3 unspecified atom stereocenters. The first-order valence-corrected chi connectivity index (χ1v) is 9.22. The Morgan fingerprint density at radius 3 is 2.26 bits per heavy atom. The van der Waals surface area contributed by atoms with Gasteiger partial charge in [-0.3, -0.25) is 9.59 Å². The van der Waals surface area contributed by atoms with Crippen LogP contribution in [0.1, 0.15) is 40.0 Å². The third-order valence-electron chi connectivity index (χ3n) is 3.91. The van der Waals surface area contributed by atoms with Crippen LogP contribution in [0, 0.1) is 5.92 Å². The lowest BCUT2D eigenvalue weighted by Gasteiger charge is -2.31. The van der Waals surface area contributed by atoms with Crippen molar-refractivity contribution in [1.29, 1.82) is 0 Å². The smallest absolute Gasteiger partial charge is 0.464 e. The van der Waals surface area contributed by atoms with Crippen molar-refractivity contribution in [2.45, 2.75) is 64.3 Å². The summed E-state index contributed by atoms with van der Waals surface area (Å²) in [4.78, 5) is 22.6. The summed E-state index contributed by atoms with van der Waals surface area (Å²) in [6, 6.07) is 1.31. The fourth-order valence-corrected chi connectivity index (χ4v) is 6.11. The lowest BCUT2D eigenvalue weighted by Crippen LogP contribution is -2.46. The molecule has 2 rings (SSSR count). The molecule has 2 fully saturated rings. The van der Waals surface area contributed by atoms with Crippen molar-refractivity contribution < 1.29 is 23.2 Å². The summed E-state index contributed by atoms with van der Waals surface area (Å²) in [5.74, 6) is -0.272. The highest BCUT2D eigenvalue weighted by atomic mass is 28.4. The van der Waals surface area contributed by atoms with Gasteiger partial charge in [0.1, 0.15) is 0 Å². The molecule has 0 bridgehead atoms. The van der Waals surface area contributed by atoms with Crippen molar-refractivity contribution in [3.05, 3.63) is 0 Å². The average Bonchev–Trinajstić information content (AvgIpc) is 3.05. The summed E-state index contributed by atoms with van der Waals surface area (Å²) in [5, 5.41) is 0. The molecule has 2 aliphatic rings. The summed E-state index contributed by atoms with van der Waals surface area (Å²) in [6.07, 6.45) is 3.98. The third kappa shape index (κ3) is 3.79. The number of rotatable bonds is 5. The van der Waals surface area contributed by atoms with E-state index in [4.69, 9.17) is 13.6 Å². The monoisotopic (exact) mass is 286 g/mol. The Morgan fingerprint density at radius 1 is 1.16 bits per heavy atom. The zero-order valence-corrected chi connectivity index (χ0v) is 12.8. The van der Waals surface area contributed by atoms with Crippen molar-refractivity contribution in [2.24, 2.45) is 5.92 Å². The lowest BCUT2D eigenvalue weighted by molar-refractivity contribution is -0.139. The van der Waals surface area contributed by atoms with E-state index in [9.17, 15) is 9.59 Å². The molecule has 108 valence electrons. The van der Waals surface area contributed by atoms with E-state index in [1.54, 1.807) is 0 Å². The highest BCUT2D eigenvalue weighted by Crippen LogP contribution is 2.43. The highest BCUT2D eigenvalue weighted by Gasteiger charge is 2.49. The quantitative estimate of drug-likeness (QED) is 0.572. The first-order valence-electron chi connectivity index (χ1n) is 6.98. The lowest BCUT2D eigenvalue weighted by atomic mass is 9.91. The van der Waals surface area contributed by atoms with E-state index in [0.717, 1.165) is 19.3 Å².